The van der Waals surface area contributed by atoms with E-state index in [2.05, 4.69) is 6.92 Å². The Kier molecular flexibility index (Phi) is 3.50. The average molecular weight is 252 g/mol. The van der Waals surface area contributed by atoms with Crippen LogP contribution in [-0.2, 0) is 0 Å². The number of para-hydroxylation sites is 1. The van der Waals surface area contributed by atoms with E-state index in [1.165, 1.54) is 6.07 Å². The Morgan fingerprint density at radius 1 is 1.44 bits per heavy atom. The highest BCUT2D eigenvalue weighted by molar-refractivity contribution is 5.64. The van der Waals surface area contributed by atoms with Crippen molar-refractivity contribution in [3.8, 4) is 0 Å². The zero-order valence-electron chi connectivity index (χ0n) is 10.6. The third-order valence-corrected chi connectivity index (χ3v) is 3.83. The van der Waals surface area contributed by atoms with Crippen molar-refractivity contribution in [3.05, 3.63) is 34.1 Å². The number of piperidine rings is 1. The van der Waals surface area contributed by atoms with E-state index >= 15 is 0 Å². The molecule has 2 rings (SSSR count). The van der Waals surface area contributed by atoms with Crippen LogP contribution in [0.1, 0.15) is 26.7 Å². The van der Waals surface area contributed by atoms with Crippen LogP contribution in [0.15, 0.2) is 18.2 Å². The molecule has 0 aromatic heterocycles. The van der Waals surface area contributed by atoms with Crippen molar-refractivity contribution in [2.45, 2.75) is 32.7 Å². The van der Waals surface area contributed by atoms with Crippen LogP contribution in [0, 0.1) is 21.8 Å². The monoisotopic (exact) mass is 252 g/mol. The highest BCUT2D eigenvalue weighted by atomic mass is 19.1. The Labute approximate surface area is 106 Å². The summed E-state index contributed by atoms with van der Waals surface area (Å²) in [5.41, 5.74) is -0.00231. The maximum absolute atomic E-state index is 13.6. The van der Waals surface area contributed by atoms with E-state index in [1.54, 1.807) is 6.07 Å². The molecule has 0 bridgehead atoms. The van der Waals surface area contributed by atoms with Crippen molar-refractivity contribution < 1.29 is 9.31 Å². The number of nitrogens with zero attached hydrogens (tertiary/aromatic N) is 2. The molecule has 18 heavy (non-hydrogen) atoms. The number of nitro groups is 1. The zero-order chi connectivity index (χ0) is 13.3. The Bertz CT molecular complexity index is 464. The van der Waals surface area contributed by atoms with E-state index in [1.807, 2.05) is 11.8 Å². The number of hydrogen-bond acceptors (Lipinski definition) is 3. The molecular weight excluding hydrogens is 235 g/mol. The van der Waals surface area contributed by atoms with Gasteiger partial charge in [0.25, 0.3) is 0 Å². The number of anilines is 1. The summed E-state index contributed by atoms with van der Waals surface area (Å²) in [6.45, 7) is 4.91. The van der Waals surface area contributed by atoms with Crippen molar-refractivity contribution in [1.82, 2.24) is 0 Å². The lowest BCUT2D eigenvalue weighted by atomic mass is 9.91. The lowest BCUT2D eigenvalue weighted by Crippen LogP contribution is -2.42. The summed E-state index contributed by atoms with van der Waals surface area (Å²) in [6.07, 6.45) is 2.10. The van der Waals surface area contributed by atoms with Gasteiger partial charge < -0.3 is 4.90 Å². The van der Waals surface area contributed by atoms with E-state index in [0.717, 1.165) is 25.5 Å². The minimum atomic E-state index is -0.761. The largest absolute Gasteiger partial charge is 0.363 e. The second-order valence-electron chi connectivity index (χ2n) is 4.92. The molecule has 5 heteroatoms. The summed E-state index contributed by atoms with van der Waals surface area (Å²) in [7, 11) is 0. The van der Waals surface area contributed by atoms with Crippen molar-refractivity contribution in [2.75, 3.05) is 11.4 Å². The van der Waals surface area contributed by atoms with Gasteiger partial charge >= 0.3 is 5.69 Å². The Morgan fingerprint density at radius 2 is 2.17 bits per heavy atom. The molecule has 0 spiro atoms. The van der Waals surface area contributed by atoms with Crippen LogP contribution in [0.4, 0.5) is 15.8 Å². The first kappa shape index (κ1) is 12.8. The van der Waals surface area contributed by atoms with E-state index in [4.69, 9.17) is 0 Å². The fourth-order valence-corrected chi connectivity index (χ4v) is 2.59. The second kappa shape index (κ2) is 4.92. The molecule has 1 aliphatic rings. The minimum absolute atomic E-state index is 0.194. The standard InChI is InChI=1S/C13H17FN2O2/c1-9-5-4-8-15(10(9)2)12-7-3-6-11(14)13(12)16(17)18/h3,6-7,9-10H,4-5,8H2,1-2H3. The predicted molar refractivity (Wildman–Crippen MR) is 68.3 cm³/mol. The number of nitro benzene ring substituents is 1. The molecule has 0 N–H and O–H groups in total. The number of halogens is 1. The summed E-state index contributed by atoms with van der Waals surface area (Å²) in [5.74, 6) is -0.301. The van der Waals surface area contributed by atoms with Gasteiger partial charge in [-0.2, -0.15) is 4.39 Å². The summed E-state index contributed by atoms with van der Waals surface area (Å²) in [6, 6.07) is 4.50. The SMILES string of the molecule is CC1CCCN(c2cccc(F)c2[N+](=O)[O-])C1C. The van der Waals surface area contributed by atoms with Gasteiger partial charge in [0.1, 0.15) is 5.69 Å². The van der Waals surface area contributed by atoms with Gasteiger partial charge in [0.2, 0.25) is 5.82 Å². The van der Waals surface area contributed by atoms with Crippen molar-refractivity contribution >= 4 is 11.4 Å². The van der Waals surface area contributed by atoms with Crippen molar-refractivity contribution in [1.29, 1.82) is 0 Å². The van der Waals surface area contributed by atoms with Gasteiger partial charge in [-0.1, -0.05) is 13.0 Å². The quantitative estimate of drug-likeness (QED) is 0.599. The fourth-order valence-electron chi connectivity index (χ4n) is 2.59. The van der Waals surface area contributed by atoms with E-state index < -0.39 is 16.4 Å². The molecular formula is C13H17FN2O2. The molecule has 1 aromatic rings. The van der Waals surface area contributed by atoms with E-state index in [-0.39, 0.29) is 6.04 Å². The van der Waals surface area contributed by atoms with E-state index in [9.17, 15) is 14.5 Å². The highest BCUT2D eigenvalue weighted by Crippen LogP contribution is 2.36. The van der Waals surface area contributed by atoms with Crippen LogP contribution >= 0.6 is 0 Å². The summed E-state index contributed by atoms with van der Waals surface area (Å²) >= 11 is 0. The topological polar surface area (TPSA) is 46.4 Å². The predicted octanol–water partition coefficient (Wildman–Crippen LogP) is 3.36. The summed E-state index contributed by atoms with van der Waals surface area (Å²) < 4.78 is 13.6. The van der Waals surface area contributed by atoms with Gasteiger partial charge in [0.05, 0.1) is 4.92 Å². The van der Waals surface area contributed by atoms with Crippen LogP contribution in [0.3, 0.4) is 0 Å². The molecule has 1 saturated heterocycles. The first-order chi connectivity index (χ1) is 8.52. The van der Waals surface area contributed by atoms with Crippen molar-refractivity contribution in [2.24, 2.45) is 5.92 Å². The lowest BCUT2D eigenvalue weighted by Gasteiger charge is -2.39. The van der Waals surface area contributed by atoms with Gasteiger partial charge in [-0.05, 0) is 37.8 Å². The number of hydrogen-bond donors (Lipinski definition) is 0. The zero-order valence-corrected chi connectivity index (χ0v) is 10.6. The van der Waals surface area contributed by atoms with Crippen LogP contribution in [0.5, 0.6) is 0 Å². The average Bonchev–Trinajstić information content (AvgIpc) is 2.32. The molecule has 4 nitrogen and oxygen atoms in total. The first-order valence-corrected chi connectivity index (χ1v) is 6.22. The highest BCUT2D eigenvalue weighted by Gasteiger charge is 2.31. The second-order valence-corrected chi connectivity index (χ2v) is 4.92. The van der Waals surface area contributed by atoms with Gasteiger partial charge in [-0.3, -0.25) is 10.1 Å². The Balaban J connectivity index is 2.44. The normalized spacial score (nSPS) is 24.1. The molecule has 2 atom stereocenters. The minimum Gasteiger partial charge on any atom is -0.363 e. The van der Waals surface area contributed by atoms with Crippen LogP contribution < -0.4 is 4.90 Å². The number of rotatable bonds is 2. The molecule has 0 aliphatic carbocycles. The van der Waals surface area contributed by atoms with Gasteiger partial charge in [-0.15, -0.1) is 0 Å². The first-order valence-electron chi connectivity index (χ1n) is 6.22. The van der Waals surface area contributed by atoms with Crippen molar-refractivity contribution in [3.63, 3.8) is 0 Å². The van der Waals surface area contributed by atoms with Crippen LogP contribution in [0.25, 0.3) is 0 Å². The van der Waals surface area contributed by atoms with Crippen LogP contribution in [-0.4, -0.2) is 17.5 Å². The fraction of sp³-hybridized carbons (Fsp3) is 0.538. The molecule has 1 fully saturated rings. The molecule has 0 radical (unpaired) electrons. The Hall–Kier alpha value is -1.65. The maximum atomic E-state index is 13.6. The number of benzene rings is 1. The maximum Gasteiger partial charge on any atom is 0.327 e. The van der Waals surface area contributed by atoms with Gasteiger partial charge in [0, 0.05) is 12.6 Å². The van der Waals surface area contributed by atoms with Gasteiger partial charge in [-0.25, -0.2) is 0 Å². The molecule has 1 aliphatic heterocycles. The molecule has 98 valence electrons. The third kappa shape index (κ3) is 2.17. The van der Waals surface area contributed by atoms with Crippen LogP contribution in [0.2, 0.25) is 0 Å². The van der Waals surface area contributed by atoms with Gasteiger partial charge in [0.15, 0.2) is 0 Å². The molecule has 2 unspecified atom stereocenters. The molecule has 1 heterocycles. The van der Waals surface area contributed by atoms with E-state index in [0.29, 0.717) is 11.6 Å². The molecule has 0 saturated carbocycles. The summed E-state index contributed by atoms with van der Waals surface area (Å²) in [5, 5.41) is 11.0. The summed E-state index contributed by atoms with van der Waals surface area (Å²) in [4.78, 5) is 12.3. The third-order valence-electron chi connectivity index (χ3n) is 3.83. The smallest absolute Gasteiger partial charge is 0.327 e. The lowest BCUT2D eigenvalue weighted by molar-refractivity contribution is -0.386. The Morgan fingerprint density at radius 3 is 2.83 bits per heavy atom. The molecule has 0 amide bonds. The molecule has 1 aromatic carbocycles.